The number of nitrogens with zero attached hydrogens (tertiary/aromatic N) is 2. The zero-order valence-corrected chi connectivity index (χ0v) is 6.88. The molecule has 58 valence electrons. The van der Waals surface area contributed by atoms with Crippen molar-refractivity contribution in [1.82, 2.24) is 4.98 Å². The van der Waals surface area contributed by atoms with Crippen LogP contribution in [0.2, 0.25) is 0 Å². The number of pyridine rings is 1. The maximum Gasteiger partial charge on any atom is 0.161 e. The normalized spacial score (nSPS) is 11.5. The average Bonchev–Trinajstić information content (AvgIpc) is 2.09. The van der Waals surface area contributed by atoms with Gasteiger partial charge in [0.2, 0.25) is 0 Å². The predicted molar refractivity (Wildman–Crippen MR) is 46.1 cm³/mol. The van der Waals surface area contributed by atoms with Gasteiger partial charge in [-0.15, -0.1) is 11.8 Å². The van der Waals surface area contributed by atoms with Gasteiger partial charge in [0.1, 0.15) is 0 Å². The van der Waals surface area contributed by atoms with Crippen LogP contribution in [0.3, 0.4) is 0 Å². The van der Waals surface area contributed by atoms with Gasteiger partial charge in [-0.1, -0.05) is 11.2 Å². The molecule has 0 aromatic carbocycles. The maximum absolute atomic E-state index is 8.51. The van der Waals surface area contributed by atoms with Crippen LogP contribution in [0, 0.1) is 0 Å². The van der Waals surface area contributed by atoms with Gasteiger partial charge in [-0.2, -0.15) is 0 Å². The Bertz CT molecular complexity index is 248. The SMILES string of the molecule is CS/C(=N\O)c1ccccn1. The van der Waals surface area contributed by atoms with Gasteiger partial charge >= 0.3 is 0 Å². The Kier molecular flexibility index (Phi) is 2.92. The molecule has 0 bridgehead atoms. The first kappa shape index (κ1) is 8.07. The van der Waals surface area contributed by atoms with Crippen molar-refractivity contribution in [1.29, 1.82) is 0 Å². The molecule has 1 N–H and O–H groups in total. The summed E-state index contributed by atoms with van der Waals surface area (Å²) in [5.74, 6) is 0. The molecule has 0 radical (unpaired) electrons. The summed E-state index contributed by atoms with van der Waals surface area (Å²) in [6.45, 7) is 0. The van der Waals surface area contributed by atoms with Crippen molar-refractivity contribution in [3.8, 4) is 0 Å². The van der Waals surface area contributed by atoms with E-state index in [1.807, 2.05) is 18.4 Å². The fraction of sp³-hybridized carbons (Fsp3) is 0.143. The molecule has 0 aliphatic rings. The molecule has 1 aromatic rings. The lowest BCUT2D eigenvalue weighted by Gasteiger charge is -1.96. The van der Waals surface area contributed by atoms with E-state index in [1.54, 1.807) is 12.3 Å². The second kappa shape index (κ2) is 3.98. The molecule has 1 heterocycles. The largest absolute Gasteiger partial charge is 0.410 e. The van der Waals surface area contributed by atoms with Gasteiger partial charge in [0.15, 0.2) is 5.04 Å². The van der Waals surface area contributed by atoms with Crippen molar-refractivity contribution >= 4 is 16.8 Å². The Morgan fingerprint density at radius 3 is 2.91 bits per heavy atom. The molecule has 4 heteroatoms. The average molecular weight is 168 g/mol. The summed E-state index contributed by atoms with van der Waals surface area (Å²) in [6.07, 6.45) is 3.50. The molecule has 0 unspecified atom stereocenters. The summed E-state index contributed by atoms with van der Waals surface area (Å²) < 4.78 is 0. The van der Waals surface area contributed by atoms with Gasteiger partial charge in [0, 0.05) is 6.20 Å². The van der Waals surface area contributed by atoms with Crippen LogP contribution in [0.5, 0.6) is 0 Å². The van der Waals surface area contributed by atoms with Crippen LogP contribution in [-0.2, 0) is 0 Å². The highest BCUT2D eigenvalue weighted by Crippen LogP contribution is 2.06. The van der Waals surface area contributed by atoms with E-state index >= 15 is 0 Å². The van der Waals surface area contributed by atoms with Crippen LogP contribution >= 0.6 is 11.8 Å². The van der Waals surface area contributed by atoms with Gasteiger partial charge in [0.25, 0.3) is 0 Å². The highest BCUT2D eigenvalue weighted by atomic mass is 32.2. The molecular formula is C7H8N2OS. The zero-order chi connectivity index (χ0) is 8.10. The third kappa shape index (κ3) is 1.94. The Hall–Kier alpha value is -1.03. The third-order valence-corrected chi connectivity index (χ3v) is 1.85. The first-order chi connectivity index (χ1) is 5.38. The molecule has 0 spiro atoms. The van der Waals surface area contributed by atoms with E-state index in [2.05, 4.69) is 10.1 Å². The van der Waals surface area contributed by atoms with E-state index in [0.717, 1.165) is 0 Å². The van der Waals surface area contributed by atoms with Crippen LogP contribution in [0.4, 0.5) is 0 Å². The summed E-state index contributed by atoms with van der Waals surface area (Å²) in [4.78, 5) is 4.01. The maximum atomic E-state index is 8.51. The number of hydrogen-bond donors (Lipinski definition) is 1. The minimum atomic E-state index is 0.533. The van der Waals surface area contributed by atoms with Crippen LogP contribution < -0.4 is 0 Å². The zero-order valence-electron chi connectivity index (χ0n) is 6.06. The molecule has 1 aromatic heterocycles. The Balaban J connectivity index is 2.92. The molecule has 11 heavy (non-hydrogen) atoms. The van der Waals surface area contributed by atoms with Gasteiger partial charge in [0.05, 0.1) is 5.69 Å². The fourth-order valence-corrected chi connectivity index (χ4v) is 1.10. The quantitative estimate of drug-likeness (QED) is 0.300. The van der Waals surface area contributed by atoms with E-state index in [1.165, 1.54) is 11.8 Å². The first-order valence-corrected chi connectivity index (χ1v) is 4.28. The second-order valence-electron chi connectivity index (χ2n) is 1.82. The molecular weight excluding hydrogens is 160 g/mol. The van der Waals surface area contributed by atoms with Gasteiger partial charge < -0.3 is 5.21 Å². The lowest BCUT2D eigenvalue weighted by Crippen LogP contribution is -1.96. The van der Waals surface area contributed by atoms with Crippen LogP contribution in [0.1, 0.15) is 5.69 Å². The van der Waals surface area contributed by atoms with Crippen LogP contribution in [-0.4, -0.2) is 21.5 Å². The number of thioether (sulfide) groups is 1. The number of hydrogen-bond acceptors (Lipinski definition) is 4. The number of oxime groups is 1. The topological polar surface area (TPSA) is 45.5 Å². The summed E-state index contributed by atoms with van der Waals surface area (Å²) >= 11 is 1.36. The lowest BCUT2D eigenvalue weighted by molar-refractivity contribution is 0.321. The van der Waals surface area contributed by atoms with Crippen molar-refractivity contribution in [2.45, 2.75) is 0 Å². The van der Waals surface area contributed by atoms with Crippen LogP contribution in [0.15, 0.2) is 29.6 Å². The molecule has 0 fully saturated rings. The van der Waals surface area contributed by atoms with Crippen molar-refractivity contribution in [3.63, 3.8) is 0 Å². The lowest BCUT2D eigenvalue weighted by atomic mass is 10.4. The monoisotopic (exact) mass is 168 g/mol. The minimum absolute atomic E-state index is 0.533. The fourth-order valence-electron chi connectivity index (χ4n) is 0.686. The predicted octanol–water partition coefficient (Wildman–Crippen LogP) is 1.58. The standard InChI is InChI=1S/C7H8N2OS/c1-11-7(9-10)6-4-2-3-5-8-6/h2-5,10H,1H3/b9-7-. The molecule has 1 rings (SSSR count). The number of rotatable bonds is 1. The Morgan fingerprint density at radius 1 is 1.64 bits per heavy atom. The van der Waals surface area contributed by atoms with E-state index in [9.17, 15) is 0 Å². The van der Waals surface area contributed by atoms with Crippen molar-refractivity contribution < 1.29 is 5.21 Å². The van der Waals surface area contributed by atoms with E-state index in [0.29, 0.717) is 10.7 Å². The Morgan fingerprint density at radius 2 is 2.45 bits per heavy atom. The summed E-state index contributed by atoms with van der Waals surface area (Å²) in [5.41, 5.74) is 0.697. The van der Waals surface area contributed by atoms with Gasteiger partial charge in [-0.3, -0.25) is 4.98 Å². The van der Waals surface area contributed by atoms with Gasteiger partial charge in [-0.25, -0.2) is 0 Å². The molecule has 0 aliphatic heterocycles. The third-order valence-electron chi connectivity index (χ3n) is 1.17. The van der Waals surface area contributed by atoms with Crippen molar-refractivity contribution in [2.24, 2.45) is 5.16 Å². The summed E-state index contributed by atoms with van der Waals surface area (Å²) in [6, 6.07) is 5.47. The van der Waals surface area contributed by atoms with E-state index < -0.39 is 0 Å². The molecule has 0 amide bonds. The first-order valence-electron chi connectivity index (χ1n) is 3.06. The van der Waals surface area contributed by atoms with Crippen molar-refractivity contribution in [2.75, 3.05) is 6.26 Å². The molecule has 3 nitrogen and oxygen atoms in total. The highest BCUT2D eigenvalue weighted by Gasteiger charge is 2.00. The highest BCUT2D eigenvalue weighted by molar-refractivity contribution is 8.13. The minimum Gasteiger partial charge on any atom is -0.410 e. The smallest absolute Gasteiger partial charge is 0.161 e. The van der Waals surface area contributed by atoms with Crippen molar-refractivity contribution in [3.05, 3.63) is 30.1 Å². The molecule has 0 atom stereocenters. The molecule has 0 saturated carbocycles. The number of aromatic nitrogens is 1. The van der Waals surface area contributed by atoms with Gasteiger partial charge in [-0.05, 0) is 18.4 Å². The Labute approximate surface area is 69.1 Å². The van der Waals surface area contributed by atoms with E-state index in [4.69, 9.17) is 5.21 Å². The second-order valence-corrected chi connectivity index (χ2v) is 2.62. The van der Waals surface area contributed by atoms with Crippen LogP contribution in [0.25, 0.3) is 0 Å². The summed E-state index contributed by atoms with van der Waals surface area (Å²) in [7, 11) is 0. The molecule has 0 aliphatic carbocycles. The summed E-state index contributed by atoms with van der Waals surface area (Å²) in [5, 5.41) is 12.1. The molecule has 0 saturated heterocycles. The van der Waals surface area contributed by atoms with E-state index in [-0.39, 0.29) is 0 Å².